The summed E-state index contributed by atoms with van der Waals surface area (Å²) in [4.78, 5) is 21.5. The van der Waals surface area contributed by atoms with E-state index in [1.807, 2.05) is 11.0 Å². The number of benzene rings is 1. The Morgan fingerprint density at radius 1 is 1.42 bits per heavy atom. The van der Waals surface area contributed by atoms with Gasteiger partial charge in [0.1, 0.15) is 5.75 Å². The Balaban J connectivity index is 1.50. The fourth-order valence-electron chi connectivity index (χ4n) is 3.63. The molecule has 126 valence electrons. The summed E-state index contributed by atoms with van der Waals surface area (Å²) in [5, 5.41) is 3.11. The molecule has 1 amide bonds. The Kier molecular flexibility index (Phi) is 4.00. The van der Waals surface area contributed by atoms with Crippen LogP contribution in [0.15, 0.2) is 34.3 Å². The van der Waals surface area contributed by atoms with Crippen LogP contribution >= 0.6 is 11.8 Å². The number of methoxy groups -OCH3 is 1. The molecular formula is C18H21N3O2S. The van der Waals surface area contributed by atoms with Gasteiger partial charge < -0.3 is 14.5 Å². The van der Waals surface area contributed by atoms with E-state index < -0.39 is 0 Å². The van der Waals surface area contributed by atoms with Gasteiger partial charge in [-0.25, -0.2) is 0 Å². The first-order valence-corrected chi connectivity index (χ1v) is 9.19. The summed E-state index contributed by atoms with van der Waals surface area (Å²) in [5.74, 6) is 1.04. The van der Waals surface area contributed by atoms with Gasteiger partial charge in [-0.2, -0.15) is 0 Å². The van der Waals surface area contributed by atoms with E-state index >= 15 is 0 Å². The van der Waals surface area contributed by atoms with Crippen molar-refractivity contribution in [3.63, 3.8) is 0 Å². The molecule has 0 aliphatic carbocycles. The highest BCUT2D eigenvalue weighted by atomic mass is 32.2. The van der Waals surface area contributed by atoms with Crippen molar-refractivity contribution in [2.75, 3.05) is 26.7 Å². The number of rotatable bonds is 3. The van der Waals surface area contributed by atoms with Gasteiger partial charge >= 0.3 is 0 Å². The number of fused-ring (bicyclic) bond motifs is 2. The Bertz CT molecular complexity index is 744. The van der Waals surface area contributed by atoms with E-state index in [0.717, 1.165) is 42.7 Å². The van der Waals surface area contributed by atoms with Crippen LogP contribution in [0, 0.1) is 0 Å². The average molecular weight is 343 g/mol. The SMILES string of the molecule is COc1ccc2c(c1)[C@H](C)N(C(=O)CC1=CSC3=NCCN13)CC2. The first-order valence-electron chi connectivity index (χ1n) is 8.31. The van der Waals surface area contributed by atoms with Gasteiger partial charge in [0.05, 0.1) is 26.1 Å². The minimum absolute atomic E-state index is 0.0812. The lowest BCUT2D eigenvalue weighted by Gasteiger charge is -2.36. The Morgan fingerprint density at radius 2 is 2.29 bits per heavy atom. The fraction of sp³-hybridized carbons (Fsp3) is 0.444. The molecule has 3 aliphatic rings. The lowest BCUT2D eigenvalue weighted by molar-refractivity contribution is -0.133. The lowest BCUT2D eigenvalue weighted by atomic mass is 9.93. The standard InChI is InChI=1S/C18H21N3O2S/c1-12-16-10-15(23-2)4-3-13(16)5-7-20(12)17(22)9-14-11-24-18-19-6-8-21(14)18/h3-4,10-12H,5-9H2,1-2H3/t12-/m0/s1. The number of carbonyl (C=O) groups excluding carboxylic acids is 1. The molecule has 0 saturated heterocycles. The number of ether oxygens (including phenoxy) is 1. The van der Waals surface area contributed by atoms with Crippen LogP contribution in [-0.4, -0.2) is 47.6 Å². The van der Waals surface area contributed by atoms with E-state index in [1.54, 1.807) is 18.9 Å². The molecule has 3 heterocycles. The third kappa shape index (κ3) is 2.59. The summed E-state index contributed by atoms with van der Waals surface area (Å²) >= 11 is 1.63. The molecule has 1 aromatic carbocycles. The number of hydrogen-bond donors (Lipinski definition) is 0. The fourth-order valence-corrected chi connectivity index (χ4v) is 4.59. The van der Waals surface area contributed by atoms with E-state index in [2.05, 4.69) is 34.4 Å². The van der Waals surface area contributed by atoms with Crippen molar-refractivity contribution < 1.29 is 9.53 Å². The quantitative estimate of drug-likeness (QED) is 0.847. The zero-order valence-electron chi connectivity index (χ0n) is 14.0. The molecule has 0 radical (unpaired) electrons. The van der Waals surface area contributed by atoms with Gasteiger partial charge in [0.15, 0.2) is 5.17 Å². The predicted octanol–water partition coefficient (Wildman–Crippen LogP) is 2.79. The molecule has 0 unspecified atom stereocenters. The summed E-state index contributed by atoms with van der Waals surface area (Å²) in [6, 6.07) is 6.26. The molecule has 0 saturated carbocycles. The van der Waals surface area contributed by atoms with Gasteiger partial charge in [0.2, 0.25) is 5.91 Å². The van der Waals surface area contributed by atoms with Crippen molar-refractivity contribution in [3.05, 3.63) is 40.4 Å². The van der Waals surface area contributed by atoms with Gasteiger partial charge in [-0.05, 0) is 42.0 Å². The van der Waals surface area contributed by atoms with Gasteiger partial charge in [0, 0.05) is 18.8 Å². The number of aliphatic imine (C=N–C) groups is 1. The Hall–Kier alpha value is -1.95. The molecular weight excluding hydrogens is 322 g/mol. The van der Waals surface area contributed by atoms with Crippen LogP contribution in [0.1, 0.15) is 30.5 Å². The van der Waals surface area contributed by atoms with Crippen LogP contribution < -0.4 is 4.74 Å². The maximum atomic E-state index is 12.9. The molecule has 1 aromatic rings. The van der Waals surface area contributed by atoms with Crippen LogP contribution in [0.3, 0.4) is 0 Å². The Labute approximate surface area is 146 Å². The number of thioether (sulfide) groups is 1. The van der Waals surface area contributed by atoms with E-state index in [4.69, 9.17) is 4.74 Å². The topological polar surface area (TPSA) is 45.1 Å². The van der Waals surface area contributed by atoms with Crippen LogP contribution in [0.25, 0.3) is 0 Å². The van der Waals surface area contributed by atoms with E-state index in [1.165, 1.54) is 11.1 Å². The molecule has 5 nitrogen and oxygen atoms in total. The first kappa shape index (κ1) is 15.6. The van der Waals surface area contributed by atoms with Crippen LogP contribution in [-0.2, 0) is 11.2 Å². The summed E-state index contributed by atoms with van der Waals surface area (Å²) in [6.45, 7) is 4.62. The summed E-state index contributed by atoms with van der Waals surface area (Å²) in [7, 11) is 1.68. The zero-order chi connectivity index (χ0) is 16.7. The van der Waals surface area contributed by atoms with E-state index in [-0.39, 0.29) is 11.9 Å². The maximum absolute atomic E-state index is 12.9. The molecule has 24 heavy (non-hydrogen) atoms. The smallest absolute Gasteiger partial charge is 0.229 e. The second-order valence-electron chi connectivity index (χ2n) is 6.30. The third-order valence-electron chi connectivity index (χ3n) is 4.99. The molecule has 0 aromatic heterocycles. The molecule has 0 fully saturated rings. The van der Waals surface area contributed by atoms with E-state index in [9.17, 15) is 4.79 Å². The summed E-state index contributed by atoms with van der Waals surface area (Å²) in [5.41, 5.74) is 3.61. The maximum Gasteiger partial charge on any atom is 0.229 e. The summed E-state index contributed by atoms with van der Waals surface area (Å²) in [6.07, 6.45) is 1.36. The van der Waals surface area contributed by atoms with Crippen LogP contribution in [0.5, 0.6) is 5.75 Å². The highest BCUT2D eigenvalue weighted by Crippen LogP contribution is 2.35. The lowest BCUT2D eigenvalue weighted by Crippen LogP contribution is -2.39. The predicted molar refractivity (Wildman–Crippen MR) is 96.1 cm³/mol. The van der Waals surface area contributed by atoms with Crippen molar-refractivity contribution in [2.24, 2.45) is 4.99 Å². The number of amides is 1. The van der Waals surface area contributed by atoms with Crippen molar-refractivity contribution in [3.8, 4) is 5.75 Å². The zero-order valence-corrected chi connectivity index (χ0v) is 14.8. The Morgan fingerprint density at radius 3 is 3.12 bits per heavy atom. The minimum Gasteiger partial charge on any atom is -0.497 e. The number of hydrogen-bond acceptors (Lipinski definition) is 5. The minimum atomic E-state index is 0.0812. The monoisotopic (exact) mass is 343 g/mol. The van der Waals surface area contributed by atoms with Crippen LogP contribution in [0.2, 0.25) is 0 Å². The molecule has 6 heteroatoms. The molecule has 3 aliphatic heterocycles. The van der Waals surface area contributed by atoms with Crippen molar-refractivity contribution in [2.45, 2.75) is 25.8 Å². The summed E-state index contributed by atoms with van der Waals surface area (Å²) < 4.78 is 5.34. The second kappa shape index (κ2) is 6.16. The normalized spacial score (nSPS) is 22.0. The second-order valence-corrected chi connectivity index (χ2v) is 7.13. The number of nitrogens with zero attached hydrogens (tertiary/aromatic N) is 3. The van der Waals surface area contributed by atoms with Gasteiger partial charge in [-0.3, -0.25) is 9.79 Å². The third-order valence-corrected chi connectivity index (χ3v) is 5.94. The van der Waals surface area contributed by atoms with Crippen LogP contribution in [0.4, 0.5) is 0 Å². The molecule has 1 atom stereocenters. The molecule has 0 N–H and O–H groups in total. The van der Waals surface area contributed by atoms with Crippen molar-refractivity contribution in [1.82, 2.24) is 9.80 Å². The molecule has 0 spiro atoms. The molecule has 0 bridgehead atoms. The largest absolute Gasteiger partial charge is 0.497 e. The van der Waals surface area contributed by atoms with E-state index in [0.29, 0.717) is 6.42 Å². The highest BCUT2D eigenvalue weighted by molar-refractivity contribution is 8.16. The van der Waals surface area contributed by atoms with Crippen molar-refractivity contribution >= 4 is 22.8 Å². The van der Waals surface area contributed by atoms with Gasteiger partial charge in [-0.1, -0.05) is 17.8 Å². The highest BCUT2D eigenvalue weighted by Gasteiger charge is 2.32. The number of amidine groups is 1. The molecule has 4 rings (SSSR count). The average Bonchev–Trinajstić information content (AvgIpc) is 3.20. The van der Waals surface area contributed by atoms with Gasteiger partial charge in [-0.15, -0.1) is 0 Å². The van der Waals surface area contributed by atoms with Crippen molar-refractivity contribution in [1.29, 1.82) is 0 Å². The number of carbonyl (C=O) groups is 1. The van der Waals surface area contributed by atoms with Gasteiger partial charge in [0.25, 0.3) is 0 Å². The first-order chi connectivity index (χ1) is 11.7.